The first kappa shape index (κ1) is 11.2. The molecule has 0 aliphatic rings. The lowest BCUT2D eigenvalue weighted by molar-refractivity contribution is 0.158. The first-order chi connectivity index (χ1) is 6.72. The van der Waals surface area contributed by atoms with Gasteiger partial charge < -0.3 is 10.1 Å². The van der Waals surface area contributed by atoms with E-state index in [1.54, 1.807) is 7.11 Å². The summed E-state index contributed by atoms with van der Waals surface area (Å²) in [7, 11) is 3.66. The molecule has 1 unspecified atom stereocenters. The average molecular weight is 197 g/mol. The third kappa shape index (κ3) is 3.89. The van der Waals surface area contributed by atoms with E-state index in [0.29, 0.717) is 5.92 Å². The van der Waals surface area contributed by atoms with Gasteiger partial charge in [-0.15, -0.1) is 0 Å². The van der Waals surface area contributed by atoms with E-state index in [9.17, 15) is 0 Å². The molecule has 1 heterocycles. The fourth-order valence-corrected chi connectivity index (χ4v) is 1.35. The SMILES string of the molecule is COCC(C)CNCc1ccn(C)n1. The summed E-state index contributed by atoms with van der Waals surface area (Å²) in [6.45, 7) is 4.75. The van der Waals surface area contributed by atoms with Crippen LogP contribution >= 0.6 is 0 Å². The minimum absolute atomic E-state index is 0.545. The van der Waals surface area contributed by atoms with Crippen molar-refractivity contribution in [2.75, 3.05) is 20.3 Å². The summed E-state index contributed by atoms with van der Waals surface area (Å²) >= 11 is 0. The van der Waals surface area contributed by atoms with E-state index in [2.05, 4.69) is 17.3 Å². The van der Waals surface area contributed by atoms with Crippen LogP contribution in [0.3, 0.4) is 0 Å². The number of hydrogen-bond donors (Lipinski definition) is 1. The monoisotopic (exact) mass is 197 g/mol. The minimum Gasteiger partial charge on any atom is -0.384 e. The van der Waals surface area contributed by atoms with E-state index in [-0.39, 0.29) is 0 Å². The Morgan fingerprint density at radius 3 is 3.00 bits per heavy atom. The summed E-state index contributed by atoms with van der Waals surface area (Å²) in [6, 6.07) is 2.02. The molecule has 1 atom stereocenters. The summed E-state index contributed by atoms with van der Waals surface area (Å²) < 4.78 is 6.87. The molecule has 4 nitrogen and oxygen atoms in total. The molecule has 14 heavy (non-hydrogen) atoms. The number of aryl methyl sites for hydroxylation is 1. The molecule has 0 fully saturated rings. The highest BCUT2D eigenvalue weighted by Crippen LogP contribution is 1.95. The molecule has 0 saturated heterocycles. The van der Waals surface area contributed by atoms with E-state index in [0.717, 1.165) is 25.4 Å². The number of nitrogens with one attached hydrogen (secondary N) is 1. The van der Waals surface area contributed by atoms with Crippen molar-refractivity contribution in [2.45, 2.75) is 13.5 Å². The van der Waals surface area contributed by atoms with Gasteiger partial charge >= 0.3 is 0 Å². The fourth-order valence-electron chi connectivity index (χ4n) is 1.35. The highest BCUT2D eigenvalue weighted by Gasteiger charge is 2.01. The Labute approximate surface area is 85.3 Å². The van der Waals surface area contributed by atoms with Gasteiger partial charge in [-0.3, -0.25) is 4.68 Å². The number of methoxy groups -OCH3 is 1. The van der Waals surface area contributed by atoms with Crippen LogP contribution in [-0.2, 0) is 18.3 Å². The summed E-state index contributed by atoms with van der Waals surface area (Å²) in [5.74, 6) is 0.545. The molecular formula is C10H19N3O. The van der Waals surface area contributed by atoms with E-state index in [1.165, 1.54) is 0 Å². The van der Waals surface area contributed by atoms with Gasteiger partial charge in [0, 0.05) is 40.1 Å². The Morgan fingerprint density at radius 1 is 1.64 bits per heavy atom. The second kappa shape index (κ2) is 5.78. The van der Waals surface area contributed by atoms with Crippen LogP contribution in [0.5, 0.6) is 0 Å². The zero-order chi connectivity index (χ0) is 10.4. The summed E-state index contributed by atoms with van der Waals surface area (Å²) in [5.41, 5.74) is 1.08. The lowest BCUT2D eigenvalue weighted by Crippen LogP contribution is -2.23. The number of aromatic nitrogens is 2. The summed E-state index contributed by atoms with van der Waals surface area (Å²) in [4.78, 5) is 0. The Bertz CT molecular complexity index is 260. The predicted octanol–water partition coefficient (Wildman–Crippen LogP) is 0.792. The van der Waals surface area contributed by atoms with Crippen molar-refractivity contribution in [1.29, 1.82) is 0 Å². The van der Waals surface area contributed by atoms with Gasteiger partial charge in [-0.2, -0.15) is 5.10 Å². The maximum atomic E-state index is 5.05. The van der Waals surface area contributed by atoms with Crippen molar-refractivity contribution in [3.8, 4) is 0 Å². The van der Waals surface area contributed by atoms with Crippen molar-refractivity contribution in [3.05, 3.63) is 18.0 Å². The lowest BCUT2D eigenvalue weighted by atomic mass is 10.2. The molecule has 0 amide bonds. The third-order valence-electron chi connectivity index (χ3n) is 2.02. The molecular weight excluding hydrogens is 178 g/mol. The molecule has 1 aromatic rings. The Kier molecular flexibility index (Phi) is 4.62. The van der Waals surface area contributed by atoms with Crippen molar-refractivity contribution >= 4 is 0 Å². The zero-order valence-electron chi connectivity index (χ0n) is 9.16. The number of ether oxygens (including phenoxy) is 1. The fraction of sp³-hybridized carbons (Fsp3) is 0.700. The van der Waals surface area contributed by atoms with Crippen LogP contribution in [0.25, 0.3) is 0 Å². The van der Waals surface area contributed by atoms with Crippen LogP contribution in [0.1, 0.15) is 12.6 Å². The molecule has 1 N–H and O–H groups in total. The maximum Gasteiger partial charge on any atom is 0.0762 e. The van der Waals surface area contributed by atoms with Gasteiger partial charge in [0.25, 0.3) is 0 Å². The van der Waals surface area contributed by atoms with Crippen molar-refractivity contribution < 1.29 is 4.74 Å². The standard InChI is InChI=1S/C10H19N3O/c1-9(8-14-3)6-11-7-10-4-5-13(2)12-10/h4-5,9,11H,6-8H2,1-3H3. The minimum atomic E-state index is 0.545. The molecule has 0 aromatic carbocycles. The van der Waals surface area contributed by atoms with Crippen molar-refractivity contribution in [2.24, 2.45) is 13.0 Å². The van der Waals surface area contributed by atoms with Gasteiger partial charge in [0.2, 0.25) is 0 Å². The van der Waals surface area contributed by atoms with Gasteiger partial charge in [0.15, 0.2) is 0 Å². The highest BCUT2D eigenvalue weighted by atomic mass is 16.5. The van der Waals surface area contributed by atoms with Crippen LogP contribution < -0.4 is 5.32 Å². The van der Waals surface area contributed by atoms with Crippen LogP contribution in [0.2, 0.25) is 0 Å². The van der Waals surface area contributed by atoms with Gasteiger partial charge in [0.1, 0.15) is 0 Å². The van der Waals surface area contributed by atoms with Gasteiger partial charge in [-0.25, -0.2) is 0 Å². The van der Waals surface area contributed by atoms with Gasteiger partial charge in [-0.1, -0.05) is 6.92 Å². The van der Waals surface area contributed by atoms with Crippen molar-refractivity contribution in [3.63, 3.8) is 0 Å². The molecule has 4 heteroatoms. The largest absolute Gasteiger partial charge is 0.384 e. The van der Waals surface area contributed by atoms with Crippen LogP contribution in [0, 0.1) is 5.92 Å². The second-order valence-corrected chi connectivity index (χ2v) is 3.67. The first-order valence-electron chi connectivity index (χ1n) is 4.90. The third-order valence-corrected chi connectivity index (χ3v) is 2.02. The molecule has 80 valence electrons. The molecule has 1 aromatic heterocycles. The average Bonchev–Trinajstić information content (AvgIpc) is 2.52. The summed E-state index contributed by atoms with van der Waals surface area (Å²) in [5, 5.41) is 7.62. The van der Waals surface area contributed by atoms with Crippen molar-refractivity contribution in [1.82, 2.24) is 15.1 Å². The topological polar surface area (TPSA) is 39.1 Å². The Morgan fingerprint density at radius 2 is 2.43 bits per heavy atom. The smallest absolute Gasteiger partial charge is 0.0762 e. The summed E-state index contributed by atoms with van der Waals surface area (Å²) in [6.07, 6.45) is 1.95. The molecule has 0 aliphatic heterocycles. The number of nitrogens with zero attached hydrogens (tertiary/aromatic N) is 2. The molecule has 0 spiro atoms. The Hall–Kier alpha value is -0.870. The first-order valence-corrected chi connectivity index (χ1v) is 4.90. The zero-order valence-corrected chi connectivity index (χ0v) is 9.16. The van der Waals surface area contributed by atoms with Gasteiger partial charge in [0.05, 0.1) is 5.69 Å². The van der Waals surface area contributed by atoms with E-state index >= 15 is 0 Å². The molecule has 1 rings (SSSR count). The maximum absolute atomic E-state index is 5.05. The number of hydrogen-bond acceptors (Lipinski definition) is 3. The molecule has 0 aliphatic carbocycles. The predicted molar refractivity (Wildman–Crippen MR) is 56.0 cm³/mol. The molecule has 0 bridgehead atoms. The number of rotatable bonds is 6. The van der Waals surface area contributed by atoms with Crippen LogP contribution in [0.4, 0.5) is 0 Å². The van der Waals surface area contributed by atoms with Gasteiger partial charge in [-0.05, 0) is 12.0 Å². The quantitative estimate of drug-likeness (QED) is 0.733. The molecule has 0 saturated carbocycles. The van der Waals surface area contributed by atoms with Crippen LogP contribution in [-0.4, -0.2) is 30.0 Å². The van der Waals surface area contributed by atoms with Crippen LogP contribution in [0.15, 0.2) is 12.3 Å². The van der Waals surface area contributed by atoms with E-state index in [1.807, 2.05) is 24.0 Å². The lowest BCUT2D eigenvalue weighted by Gasteiger charge is -2.10. The normalized spacial score (nSPS) is 13.1. The Balaban J connectivity index is 2.15. The van der Waals surface area contributed by atoms with E-state index < -0.39 is 0 Å². The molecule has 0 radical (unpaired) electrons. The van der Waals surface area contributed by atoms with E-state index in [4.69, 9.17) is 4.74 Å². The highest BCUT2D eigenvalue weighted by molar-refractivity contribution is 4.97. The second-order valence-electron chi connectivity index (χ2n) is 3.67.